The quantitative estimate of drug-likeness (QED) is 0.277. The summed E-state index contributed by atoms with van der Waals surface area (Å²) in [5.41, 5.74) is 9.41. The van der Waals surface area contributed by atoms with Gasteiger partial charge in [0.1, 0.15) is 0 Å². The van der Waals surface area contributed by atoms with Crippen LogP contribution in [0.1, 0.15) is 0 Å². The van der Waals surface area contributed by atoms with E-state index in [0.717, 1.165) is 11.4 Å². The van der Waals surface area contributed by atoms with Gasteiger partial charge in [-0.3, -0.25) is 0 Å². The summed E-state index contributed by atoms with van der Waals surface area (Å²) in [6, 6.07) is 51.6. The lowest BCUT2D eigenvalue weighted by Gasteiger charge is -2.16. The summed E-state index contributed by atoms with van der Waals surface area (Å²) in [6.07, 6.45) is 0. The van der Waals surface area contributed by atoms with Crippen LogP contribution in [0.4, 0.5) is 11.4 Å². The van der Waals surface area contributed by atoms with Crippen LogP contribution in [0, 0.1) is 0 Å². The molecule has 0 unspecified atom stereocenters. The summed E-state index contributed by atoms with van der Waals surface area (Å²) in [4.78, 5) is 0. The van der Waals surface area contributed by atoms with Gasteiger partial charge in [0.25, 0.3) is 0 Å². The standard InChI is InChI=1S/C34H25N/c1-3-12-26(13-4-1)31-22-21-30(24-33(31)29-20-19-25-11-7-8-16-28(25)23-29)35-34-18-10-9-17-32(34)27-14-5-2-6-15-27/h1-24,35H. The third kappa shape index (κ3) is 4.32. The van der Waals surface area contributed by atoms with E-state index in [1.54, 1.807) is 0 Å². The van der Waals surface area contributed by atoms with Gasteiger partial charge in [0, 0.05) is 16.9 Å². The molecule has 0 saturated heterocycles. The molecule has 0 aliphatic rings. The van der Waals surface area contributed by atoms with E-state index in [9.17, 15) is 0 Å². The van der Waals surface area contributed by atoms with Gasteiger partial charge in [0.05, 0.1) is 0 Å². The van der Waals surface area contributed by atoms with Crippen LogP contribution in [0.15, 0.2) is 146 Å². The fourth-order valence-electron chi connectivity index (χ4n) is 4.70. The summed E-state index contributed by atoms with van der Waals surface area (Å²) < 4.78 is 0. The molecular formula is C34H25N. The van der Waals surface area contributed by atoms with Crippen LogP contribution in [0.5, 0.6) is 0 Å². The van der Waals surface area contributed by atoms with Gasteiger partial charge < -0.3 is 5.32 Å². The number of anilines is 2. The van der Waals surface area contributed by atoms with Gasteiger partial charge in [-0.15, -0.1) is 0 Å². The number of fused-ring (bicyclic) bond motifs is 1. The average Bonchev–Trinajstić information content (AvgIpc) is 2.94. The minimum Gasteiger partial charge on any atom is -0.355 e. The van der Waals surface area contributed by atoms with Crippen molar-refractivity contribution in [2.24, 2.45) is 0 Å². The zero-order chi connectivity index (χ0) is 23.5. The van der Waals surface area contributed by atoms with Crippen molar-refractivity contribution in [3.8, 4) is 33.4 Å². The lowest BCUT2D eigenvalue weighted by Crippen LogP contribution is -1.95. The first kappa shape index (κ1) is 20.9. The molecular weight excluding hydrogens is 422 g/mol. The van der Waals surface area contributed by atoms with E-state index in [4.69, 9.17) is 0 Å². The highest BCUT2D eigenvalue weighted by Crippen LogP contribution is 2.37. The number of benzene rings is 6. The molecule has 166 valence electrons. The minimum absolute atomic E-state index is 1.07. The van der Waals surface area contributed by atoms with Crippen molar-refractivity contribution in [3.63, 3.8) is 0 Å². The number of hydrogen-bond donors (Lipinski definition) is 1. The SMILES string of the molecule is c1ccc(-c2ccccc2Nc2ccc(-c3ccccc3)c(-c3ccc4ccccc4c3)c2)cc1. The monoisotopic (exact) mass is 447 g/mol. The molecule has 6 aromatic carbocycles. The van der Waals surface area contributed by atoms with Gasteiger partial charge in [-0.2, -0.15) is 0 Å². The third-order valence-electron chi connectivity index (χ3n) is 6.46. The van der Waals surface area contributed by atoms with Gasteiger partial charge in [-0.1, -0.05) is 121 Å². The van der Waals surface area contributed by atoms with E-state index in [0.29, 0.717) is 0 Å². The molecule has 1 N–H and O–H groups in total. The highest BCUT2D eigenvalue weighted by molar-refractivity contribution is 5.93. The Balaban J connectivity index is 1.47. The first-order valence-electron chi connectivity index (χ1n) is 12.0. The second kappa shape index (κ2) is 9.32. The Hall–Kier alpha value is -4.62. The minimum atomic E-state index is 1.07. The molecule has 0 fully saturated rings. The fraction of sp³-hybridized carbons (Fsp3) is 0. The van der Waals surface area contributed by atoms with Crippen LogP contribution in [0.25, 0.3) is 44.2 Å². The first-order chi connectivity index (χ1) is 17.3. The predicted octanol–water partition coefficient (Wildman–Crippen LogP) is 9.58. The van der Waals surface area contributed by atoms with E-state index < -0.39 is 0 Å². The van der Waals surface area contributed by atoms with Gasteiger partial charge >= 0.3 is 0 Å². The Morgan fingerprint density at radius 3 is 1.74 bits per heavy atom. The van der Waals surface area contributed by atoms with E-state index in [2.05, 4.69) is 151 Å². The van der Waals surface area contributed by atoms with Crippen molar-refractivity contribution in [1.29, 1.82) is 0 Å². The number of nitrogens with one attached hydrogen (secondary N) is 1. The number of hydrogen-bond acceptors (Lipinski definition) is 1. The zero-order valence-corrected chi connectivity index (χ0v) is 19.4. The molecule has 0 bridgehead atoms. The van der Waals surface area contributed by atoms with Gasteiger partial charge in [0.2, 0.25) is 0 Å². The Bertz CT molecular complexity index is 1600. The van der Waals surface area contributed by atoms with Crippen LogP contribution in [-0.2, 0) is 0 Å². The van der Waals surface area contributed by atoms with Crippen molar-refractivity contribution in [1.82, 2.24) is 0 Å². The number of para-hydroxylation sites is 1. The molecule has 0 spiro atoms. The van der Waals surface area contributed by atoms with Crippen LogP contribution in [0.2, 0.25) is 0 Å². The third-order valence-corrected chi connectivity index (χ3v) is 6.46. The smallest absolute Gasteiger partial charge is 0.0463 e. The van der Waals surface area contributed by atoms with Crippen molar-refractivity contribution >= 4 is 22.1 Å². The zero-order valence-electron chi connectivity index (χ0n) is 19.4. The maximum absolute atomic E-state index is 3.70. The average molecular weight is 448 g/mol. The molecule has 0 atom stereocenters. The topological polar surface area (TPSA) is 12.0 Å². The summed E-state index contributed by atoms with van der Waals surface area (Å²) in [5.74, 6) is 0. The van der Waals surface area contributed by atoms with E-state index >= 15 is 0 Å². The van der Waals surface area contributed by atoms with Crippen LogP contribution >= 0.6 is 0 Å². The van der Waals surface area contributed by atoms with Crippen molar-refractivity contribution in [2.45, 2.75) is 0 Å². The maximum Gasteiger partial charge on any atom is 0.0463 e. The summed E-state index contributed by atoms with van der Waals surface area (Å²) in [5, 5.41) is 6.20. The highest BCUT2D eigenvalue weighted by atomic mass is 14.9. The van der Waals surface area contributed by atoms with Gasteiger partial charge in [-0.25, -0.2) is 0 Å². The molecule has 0 aromatic heterocycles. The molecule has 0 saturated carbocycles. The van der Waals surface area contributed by atoms with Crippen LogP contribution in [0.3, 0.4) is 0 Å². The van der Waals surface area contributed by atoms with Crippen molar-refractivity contribution in [2.75, 3.05) is 5.32 Å². The van der Waals surface area contributed by atoms with Crippen LogP contribution in [-0.4, -0.2) is 0 Å². The number of rotatable bonds is 5. The normalized spacial score (nSPS) is 10.9. The summed E-state index contributed by atoms with van der Waals surface area (Å²) >= 11 is 0. The molecule has 1 nitrogen and oxygen atoms in total. The Morgan fingerprint density at radius 1 is 0.343 bits per heavy atom. The predicted molar refractivity (Wildman–Crippen MR) is 150 cm³/mol. The summed E-state index contributed by atoms with van der Waals surface area (Å²) in [6.45, 7) is 0. The van der Waals surface area contributed by atoms with Gasteiger partial charge in [0.15, 0.2) is 0 Å². The molecule has 1 heteroatoms. The molecule has 0 aliphatic heterocycles. The molecule has 0 radical (unpaired) electrons. The highest BCUT2D eigenvalue weighted by Gasteiger charge is 2.11. The molecule has 0 aliphatic carbocycles. The largest absolute Gasteiger partial charge is 0.355 e. The van der Waals surface area contributed by atoms with E-state index in [1.807, 2.05) is 0 Å². The van der Waals surface area contributed by atoms with Crippen molar-refractivity contribution < 1.29 is 0 Å². The van der Waals surface area contributed by atoms with Crippen LogP contribution < -0.4 is 5.32 Å². The van der Waals surface area contributed by atoms with E-state index in [-0.39, 0.29) is 0 Å². The summed E-state index contributed by atoms with van der Waals surface area (Å²) in [7, 11) is 0. The van der Waals surface area contributed by atoms with Crippen molar-refractivity contribution in [3.05, 3.63) is 146 Å². The first-order valence-corrected chi connectivity index (χ1v) is 12.0. The molecule has 0 heterocycles. The molecule has 0 amide bonds. The lowest BCUT2D eigenvalue weighted by atomic mass is 9.92. The Labute approximate surface area is 206 Å². The lowest BCUT2D eigenvalue weighted by molar-refractivity contribution is 1.52. The second-order valence-corrected chi connectivity index (χ2v) is 8.72. The Morgan fingerprint density at radius 2 is 0.971 bits per heavy atom. The van der Waals surface area contributed by atoms with E-state index in [1.165, 1.54) is 44.2 Å². The molecule has 35 heavy (non-hydrogen) atoms. The molecule has 6 rings (SSSR count). The Kier molecular flexibility index (Phi) is 5.58. The maximum atomic E-state index is 3.70. The molecule has 6 aromatic rings. The second-order valence-electron chi connectivity index (χ2n) is 8.72. The van der Waals surface area contributed by atoms with Gasteiger partial charge in [-0.05, 0) is 62.9 Å². The fourth-order valence-corrected chi connectivity index (χ4v) is 4.70.